The van der Waals surface area contributed by atoms with Crippen molar-refractivity contribution in [3.8, 4) is 6.07 Å². The first-order chi connectivity index (χ1) is 9.67. The lowest BCUT2D eigenvalue weighted by atomic mass is 10.1. The number of nitriles is 1. The van der Waals surface area contributed by atoms with Crippen LogP contribution in [0, 0.1) is 14.9 Å². The smallest absolute Gasteiger partial charge is 0.204 e. The number of rotatable bonds is 2. The van der Waals surface area contributed by atoms with Gasteiger partial charge in [-0.1, -0.05) is 0 Å². The van der Waals surface area contributed by atoms with Gasteiger partial charge < -0.3 is 14.6 Å². The Labute approximate surface area is 131 Å². The van der Waals surface area contributed by atoms with E-state index in [9.17, 15) is 0 Å². The molecule has 5 nitrogen and oxygen atoms in total. The largest absolute Gasteiger partial charge is 0.444 e. The molecule has 0 unspecified atom stereocenters. The Morgan fingerprint density at radius 2 is 2.25 bits per heavy atom. The molecule has 1 N–H and O–H groups in total. The number of hydrogen-bond donors (Lipinski definition) is 1. The van der Waals surface area contributed by atoms with Gasteiger partial charge in [0.05, 0.1) is 9.77 Å². The van der Waals surface area contributed by atoms with Crippen molar-refractivity contribution in [3.63, 3.8) is 0 Å². The number of fused-ring (bicyclic) bond motifs is 1. The molecule has 2 aromatic heterocycles. The topological polar surface area (TPSA) is 65.1 Å². The maximum Gasteiger partial charge on any atom is 0.204 e. The van der Waals surface area contributed by atoms with Gasteiger partial charge in [0, 0.05) is 17.5 Å². The quantitative estimate of drug-likeness (QED) is 0.810. The molecule has 6 heteroatoms. The Morgan fingerprint density at radius 3 is 2.95 bits per heavy atom. The second-order valence-electron chi connectivity index (χ2n) is 5.14. The van der Waals surface area contributed by atoms with E-state index in [1.807, 2.05) is 6.07 Å². The number of nitrogens with zero attached hydrogens (tertiary/aromatic N) is 3. The van der Waals surface area contributed by atoms with E-state index < -0.39 is 0 Å². The van der Waals surface area contributed by atoms with Crippen molar-refractivity contribution in [1.29, 1.82) is 5.26 Å². The van der Waals surface area contributed by atoms with E-state index in [0.29, 0.717) is 17.4 Å². The molecular formula is C14H15IN4O. The minimum atomic E-state index is 0.330. The molecule has 0 spiro atoms. The highest BCUT2D eigenvalue weighted by Crippen LogP contribution is 2.29. The second kappa shape index (κ2) is 5.58. The van der Waals surface area contributed by atoms with Gasteiger partial charge in [-0.15, -0.1) is 0 Å². The number of aromatic nitrogens is 1. The molecule has 104 valence electrons. The van der Waals surface area contributed by atoms with Crippen LogP contribution in [0.25, 0.3) is 11.0 Å². The predicted octanol–water partition coefficient (Wildman–Crippen LogP) is 2.81. The molecule has 0 aromatic carbocycles. The van der Waals surface area contributed by atoms with E-state index in [2.05, 4.69) is 44.8 Å². The van der Waals surface area contributed by atoms with Crippen LogP contribution in [0.15, 0.2) is 16.7 Å². The van der Waals surface area contributed by atoms with E-state index in [-0.39, 0.29) is 0 Å². The summed E-state index contributed by atoms with van der Waals surface area (Å²) in [4.78, 5) is 6.77. The predicted molar refractivity (Wildman–Crippen MR) is 85.6 cm³/mol. The minimum absolute atomic E-state index is 0.330. The normalized spacial score (nSPS) is 17.2. The molecule has 0 bridgehead atoms. The van der Waals surface area contributed by atoms with Gasteiger partial charge in [0.25, 0.3) is 0 Å². The highest BCUT2D eigenvalue weighted by atomic mass is 127. The second-order valence-corrected chi connectivity index (χ2v) is 6.22. The molecule has 1 fully saturated rings. The molecular weight excluding hydrogens is 367 g/mol. The van der Waals surface area contributed by atoms with Crippen LogP contribution in [0.2, 0.25) is 0 Å². The molecule has 3 rings (SSSR count). The average Bonchev–Trinajstić information content (AvgIpc) is 2.88. The summed E-state index contributed by atoms with van der Waals surface area (Å²) in [7, 11) is 2.15. The summed E-state index contributed by atoms with van der Waals surface area (Å²) in [5, 5.41) is 13.4. The Bertz CT molecular complexity index is 668. The number of furan rings is 1. The van der Waals surface area contributed by atoms with Crippen LogP contribution in [-0.2, 0) is 0 Å². The Balaban J connectivity index is 1.85. The molecule has 3 heterocycles. The van der Waals surface area contributed by atoms with Gasteiger partial charge in [-0.3, -0.25) is 0 Å². The van der Waals surface area contributed by atoms with E-state index >= 15 is 0 Å². The minimum Gasteiger partial charge on any atom is -0.444 e. The van der Waals surface area contributed by atoms with Crippen molar-refractivity contribution in [3.05, 3.63) is 21.6 Å². The standard InChI is InChI=1S/C14H15IN4O/c1-19-4-2-9(3-5-19)18-14-13(15)11-6-10(7-16)20-12(11)8-17-14/h6,8-9H,2-5H2,1H3,(H,17,18). The molecule has 1 aliphatic rings. The van der Waals surface area contributed by atoms with Crippen molar-refractivity contribution in [2.45, 2.75) is 18.9 Å². The SMILES string of the molecule is CN1CCC(Nc2ncc3oc(C#N)cc3c2I)CC1. The number of halogens is 1. The molecule has 0 atom stereocenters. The molecule has 20 heavy (non-hydrogen) atoms. The molecule has 0 radical (unpaired) electrons. The van der Waals surface area contributed by atoms with Gasteiger partial charge in [-0.05, 0) is 55.6 Å². The van der Waals surface area contributed by atoms with Gasteiger partial charge in [-0.2, -0.15) is 5.26 Å². The van der Waals surface area contributed by atoms with Crippen molar-refractivity contribution in [2.75, 3.05) is 25.5 Å². The summed E-state index contributed by atoms with van der Waals surface area (Å²) >= 11 is 2.26. The number of hydrogen-bond acceptors (Lipinski definition) is 5. The third-order valence-corrected chi connectivity index (χ3v) is 4.78. The van der Waals surface area contributed by atoms with Crippen LogP contribution in [0.3, 0.4) is 0 Å². The molecule has 2 aromatic rings. The van der Waals surface area contributed by atoms with Crippen molar-refractivity contribution in [2.24, 2.45) is 0 Å². The molecule has 0 saturated carbocycles. The first kappa shape index (κ1) is 13.6. The highest BCUT2D eigenvalue weighted by molar-refractivity contribution is 14.1. The van der Waals surface area contributed by atoms with Gasteiger partial charge in [0.2, 0.25) is 5.76 Å². The monoisotopic (exact) mass is 382 g/mol. The summed E-state index contributed by atoms with van der Waals surface area (Å²) in [6, 6.07) is 4.27. The third-order valence-electron chi connectivity index (χ3n) is 3.69. The van der Waals surface area contributed by atoms with Crippen molar-refractivity contribution in [1.82, 2.24) is 9.88 Å². The summed E-state index contributed by atoms with van der Waals surface area (Å²) in [6.07, 6.45) is 3.94. The fourth-order valence-electron chi connectivity index (χ4n) is 2.48. The third kappa shape index (κ3) is 2.60. The lowest BCUT2D eigenvalue weighted by molar-refractivity contribution is 0.263. The van der Waals surface area contributed by atoms with Crippen molar-refractivity contribution >= 4 is 39.4 Å². The van der Waals surface area contributed by atoms with Gasteiger partial charge in [-0.25, -0.2) is 4.98 Å². The highest BCUT2D eigenvalue weighted by Gasteiger charge is 2.19. The van der Waals surface area contributed by atoms with Gasteiger partial charge in [0.1, 0.15) is 11.9 Å². The summed E-state index contributed by atoms with van der Waals surface area (Å²) in [5.41, 5.74) is 0.667. The fourth-order valence-corrected chi connectivity index (χ4v) is 3.20. The number of anilines is 1. The van der Waals surface area contributed by atoms with Gasteiger partial charge >= 0.3 is 0 Å². The first-order valence-electron chi connectivity index (χ1n) is 6.60. The Kier molecular flexibility index (Phi) is 3.81. The van der Waals surface area contributed by atoms with Gasteiger partial charge in [0.15, 0.2) is 5.58 Å². The summed E-state index contributed by atoms with van der Waals surface area (Å²) < 4.78 is 6.41. The van der Waals surface area contributed by atoms with Crippen LogP contribution in [0.4, 0.5) is 5.82 Å². The zero-order chi connectivity index (χ0) is 14.1. The maximum atomic E-state index is 8.90. The first-order valence-corrected chi connectivity index (χ1v) is 7.68. The Morgan fingerprint density at radius 1 is 1.50 bits per heavy atom. The number of nitrogens with one attached hydrogen (secondary N) is 1. The summed E-state index contributed by atoms with van der Waals surface area (Å²) in [6.45, 7) is 2.22. The van der Waals surface area contributed by atoms with E-state index in [0.717, 1.165) is 40.7 Å². The average molecular weight is 382 g/mol. The zero-order valence-electron chi connectivity index (χ0n) is 11.2. The Hall–Kier alpha value is -1.33. The number of piperidine rings is 1. The lowest BCUT2D eigenvalue weighted by Crippen LogP contribution is -2.37. The molecule has 1 saturated heterocycles. The molecule has 0 aliphatic carbocycles. The van der Waals surface area contributed by atoms with Crippen LogP contribution >= 0.6 is 22.6 Å². The van der Waals surface area contributed by atoms with Crippen LogP contribution in [0.1, 0.15) is 18.6 Å². The van der Waals surface area contributed by atoms with E-state index in [4.69, 9.17) is 9.68 Å². The number of likely N-dealkylation sites (tertiary alicyclic amines) is 1. The van der Waals surface area contributed by atoms with E-state index in [1.165, 1.54) is 0 Å². The zero-order valence-corrected chi connectivity index (χ0v) is 13.3. The molecule has 0 amide bonds. The van der Waals surface area contributed by atoms with Crippen LogP contribution in [0.5, 0.6) is 0 Å². The lowest BCUT2D eigenvalue weighted by Gasteiger charge is -2.30. The maximum absolute atomic E-state index is 8.90. The fraction of sp³-hybridized carbons (Fsp3) is 0.429. The van der Waals surface area contributed by atoms with Crippen LogP contribution < -0.4 is 5.32 Å². The van der Waals surface area contributed by atoms with Crippen LogP contribution in [-0.4, -0.2) is 36.1 Å². The van der Waals surface area contributed by atoms with E-state index in [1.54, 1.807) is 12.3 Å². The van der Waals surface area contributed by atoms with Crippen molar-refractivity contribution < 1.29 is 4.42 Å². The summed E-state index contributed by atoms with van der Waals surface area (Å²) in [5.74, 6) is 1.22. The number of pyridine rings is 1. The molecule has 1 aliphatic heterocycles.